The third kappa shape index (κ3) is 6.00. The highest BCUT2D eigenvalue weighted by Gasteiger charge is 2.33. The molecule has 0 spiro atoms. The molecule has 2 aliphatic rings. The minimum Gasteiger partial charge on any atom is -0.497 e. The Morgan fingerprint density at radius 2 is 1.67 bits per heavy atom. The van der Waals surface area contributed by atoms with Crippen LogP contribution in [-0.2, 0) is 4.79 Å². The quantitative estimate of drug-likeness (QED) is 0.585. The lowest BCUT2D eigenvalue weighted by Gasteiger charge is -2.34. The second-order valence-corrected chi connectivity index (χ2v) is 9.36. The zero-order chi connectivity index (χ0) is 23.2. The van der Waals surface area contributed by atoms with Crippen LogP contribution in [0.5, 0.6) is 5.75 Å². The third-order valence-corrected chi connectivity index (χ3v) is 6.90. The van der Waals surface area contributed by atoms with Gasteiger partial charge in [0.1, 0.15) is 5.75 Å². The summed E-state index contributed by atoms with van der Waals surface area (Å²) in [7, 11) is 1.65. The van der Waals surface area contributed by atoms with E-state index in [-0.39, 0.29) is 18.6 Å². The van der Waals surface area contributed by atoms with Crippen molar-refractivity contribution in [3.05, 3.63) is 64.1 Å². The van der Waals surface area contributed by atoms with Crippen molar-refractivity contribution in [3.8, 4) is 5.75 Å². The summed E-state index contributed by atoms with van der Waals surface area (Å²) < 4.78 is 6.32. The number of halogens is 1. The molecule has 0 bridgehead atoms. The Balaban J connectivity index is 1.46. The van der Waals surface area contributed by atoms with Crippen molar-refractivity contribution in [3.63, 3.8) is 0 Å². The Hall–Kier alpha value is -2.26. The molecular weight excluding hydrogens is 484 g/mol. The molecule has 1 fully saturated rings. The number of piperazine rings is 1. The van der Waals surface area contributed by atoms with Crippen LogP contribution in [0.2, 0.25) is 0 Å². The van der Waals surface area contributed by atoms with Gasteiger partial charge in [-0.25, -0.2) is 5.01 Å². The van der Waals surface area contributed by atoms with E-state index in [2.05, 4.69) is 25.7 Å². The van der Waals surface area contributed by atoms with Crippen LogP contribution in [0.15, 0.2) is 58.1 Å². The molecule has 0 aliphatic carbocycles. The van der Waals surface area contributed by atoms with E-state index in [1.165, 1.54) is 0 Å². The van der Waals surface area contributed by atoms with Gasteiger partial charge in [0.25, 0.3) is 0 Å². The predicted molar refractivity (Wildman–Crippen MR) is 132 cm³/mol. The van der Waals surface area contributed by atoms with Crippen LogP contribution in [-0.4, -0.2) is 84.5 Å². The molecular formula is C25H31BrN4O3. The van der Waals surface area contributed by atoms with Crippen molar-refractivity contribution >= 4 is 27.5 Å². The van der Waals surface area contributed by atoms with Crippen molar-refractivity contribution in [2.45, 2.75) is 18.9 Å². The molecule has 2 aliphatic heterocycles. The number of amides is 1. The Morgan fingerprint density at radius 3 is 2.27 bits per heavy atom. The molecule has 4 rings (SSSR count). The fourth-order valence-electron chi connectivity index (χ4n) is 4.39. The minimum atomic E-state index is -0.122. The van der Waals surface area contributed by atoms with Crippen molar-refractivity contribution in [2.24, 2.45) is 5.10 Å². The molecule has 7 nitrogen and oxygen atoms in total. The number of carbonyl (C=O) groups excluding carboxylic acids is 1. The molecule has 33 heavy (non-hydrogen) atoms. The Labute approximate surface area is 203 Å². The summed E-state index contributed by atoms with van der Waals surface area (Å²) in [5.74, 6) is 0.838. The Kier molecular flexibility index (Phi) is 8.14. The highest BCUT2D eigenvalue weighted by atomic mass is 79.9. The van der Waals surface area contributed by atoms with Gasteiger partial charge in [0.2, 0.25) is 5.91 Å². The number of ether oxygens (including phenoxy) is 1. The third-order valence-electron chi connectivity index (χ3n) is 6.37. The van der Waals surface area contributed by atoms with Crippen molar-refractivity contribution in [1.82, 2.24) is 14.8 Å². The van der Waals surface area contributed by atoms with Gasteiger partial charge in [0.05, 0.1) is 25.5 Å². The number of benzene rings is 2. The first kappa shape index (κ1) is 23.9. The molecule has 0 unspecified atom stereocenters. The zero-order valence-corrected chi connectivity index (χ0v) is 20.6. The van der Waals surface area contributed by atoms with Crippen molar-refractivity contribution in [2.75, 3.05) is 53.0 Å². The van der Waals surface area contributed by atoms with E-state index in [1.54, 1.807) is 12.1 Å². The molecule has 2 aromatic carbocycles. The van der Waals surface area contributed by atoms with E-state index < -0.39 is 0 Å². The summed E-state index contributed by atoms with van der Waals surface area (Å²) >= 11 is 3.49. The van der Waals surface area contributed by atoms with E-state index in [0.717, 1.165) is 66.3 Å². The van der Waals surface area contributed by atoms with Gasteiger partial charge in [0.15, 0.2) is 0 Å². The number of hydrogen-bond donors (Lipinski definition) is 1. The van der Waals surface area contributed by atoms with Crippen LogP contribution >= 0.6 is 15.9 Å². The summed E-state index contributed by atoms with van der Waals surface area (Å²) in [5, 5.41) is 15.6. The summed E-state index contributed by atoms with van der Waals surface area (Å²) in [6.07, 6.45) is 1.11. The zero-order valence-electron chi connectivity index (χ0n) is 19.0. The number of β-amino-alcohol motifs (C(OH)–C–C–N with tert-alkyl or cyclic N) is 1. The lowest BCUT2D eigenvalue weighted by atomic mass is 9.98. The Morgan fingerprint density at radius 1 is 1.03 bits per heavy atom. The van der Waals surface area contributed by atoms with Crippen LogP contribution in [0.4, 0.5) is 0 Å². The first-order chi connectivity index (χ1) is 16.1. The maximum Gasteiger partial charge on any atom is 0.244 e. The molecule has 1 N–H and O–H groups in total. The Bertz CT molecular complexity index is 957. The highest BCUT2D eigenvalue weighted by Crippen LogP contribution is 2.34. The summed E-state index contributed by atoms with van der Waals surface area (Å²) in [5.41, 5.74) is 3.01. The molecule has 1 amide bonds. The number of hydrogen-bond acceptors (Lipinski definition) is 6. The fourth-order valence-corrected chi connectivity index (χ4v) is 4.65. The van der Waals surface area contributed by atoms with E-state index in [1.807, 2.05) is 48.5 Å². The second kappa shape index (κ2) is 11.2. The molecule has 176 valence electrons. The number of carbonyl (C=O) groups is 1. The number of nitrogens with zero attached hydrogens (tertiary/aromatic N) is 4. The number of aliphatic hydroxyl groups excluding tert-OH is 1. The average Bonchev–Trinajstić information content (AvgIpc) is 3.30. The van der Waals surface area contributed by atoms with Gasteiger partial charge in [-0.15, -0.1) is 0 Å². The molecule has 2 aromatic rings. The topological polar surface area (TPSA) is 68.6 Å². The van der Waals surface area contributed by atoms with Gasteiger partial charge in [-0.05, 0) is 35.4 Å². The molecule has 1 saturated heterocycles. The van der Waals surface area contributed by atoms with E-state index in [0.29, 0.717) is 12.8 Å². The van der Waals surface area contributed by atoms with Gasteiger partial charge >= 0.3 is 0 Å². The number of rotatable bonds is 8. The maximum atomic E-state index is 13.3. The maximum absolute atomic E-state index is 13.3. The first-order valence-electron chi connectivity index (χ1n) is 11.4. The van der Waals surface area contributed by atoms with Crippen LogP contribution < -0.4 is 4.74 Å². The van der Waals surface area contributed by atoms with Gasteiger partial charge in [-0.3, -0.25) is 9.69 Å². The SMILES string of the molecule is COc1ccc([C@H]2CC(c3ccc(Br)cc3)=NN2C(=O)CCN2CCN(CCO)CC2)cc1. The number of aliphatic hydroxyl groups is 1. The van der Waals surface area contributed by atoms with Crippen LogP contribution in [0.25, 0.3) is 0 Å². The number of methoxy groups -OCH3 is 1. The number of hydrazone groups is 1. The molecule has 1 atom stereocenters. The lowest BCUT2D eigenvalue weighted by Crippen LogP contribution is -2.47. The van der Waals surface area contributed by atoms with Crippen LogP contribution in [0.1, 0.15) is 30.0 Å². The summed E-state index contributed by atoms with van der Waals surface area (Å²) in [6, 6.07) is 15.9. The van der Waals surface area contributed by atoms with E-state index in [4.69, 9.17) is 14.9 Å². The molecule has 2 heterocycles. The molecule has 8 heteroatoms. The summed E-state index contributed by atoms with van der Waals surface area (Å²) in [6.45, 7) is 5.33. The first-order valence-corrected chi connectivity index (χ1v) is 12.2. The minimum absolute atomic E-state index is 0.0423. The van der Waals surface area contributed by atoms with Gasteiger partial charge in [0, 0.05) is 56.6 Å². The molecule has 0 radical (unpaired) electrons. The monoisotopic (exact) mass is 514 g/mol. The van der Waals surface area contributed by atoms with E-state index in [9.17, 15) is 4.79 Å². The van der Waals surface area contributed by atoms with Crippen molar-refractivity contribution < 1.29 is 14.6 Å². The van der Waals surface area contributed by atoms with Crippen LogP contribution in [0.3, 0.4) is 0 Å². The predicted octanol–water partition coefficient (Wildman–Crippen LogP) is 3.14. The van der Waals surface area contributed by atoms with Gasteiger partial charge in [-0.1, -0.05) is 40.2 Å². The standard InChI is InChI=1S/C25H31BrN4O3/c1-33-22-8-4-20(5-9-22)24-18-23(19-2-6-21(26)7-3-19)27-30(24)25(32)10-11-28-12-14-29(15-13-28)16-17-31/h2-9,24,31H,10-18H2,1H3/t24-/m1/s1. The van der Waals surface area contributed by atoms with Crippen LogP contribution in [0, 0.1) is 0 Å². The van der Waals surface area contributed by atoms with E-state index >= 15 is 0 Å². The van der Waals surface area contributed by atoms with Crippen molar-refractivity contribution in [1.29, 1.82) is 0 Å². The van der Waals surface area contributed by atoms with Gasteiger partial charge in [-0.2, -0.15) is 5.10 Å². The molecule has 0 aromatic heterocycles. The normalized spacial score (nSPS) is 19.5. The second-order valence-electron chi connectivity index (χ2n) is 8.44. The molecule has 0 saturated carbocycles. The fraction of sp³-hybridized carbons (Fsp3) is 0.440. The smallest absolute Gasteiger partial charge is 0.244 e. The largest absolute Gasteiger partial charge is 0.497 e. The summed E-state index contributed by atoms with van der Waals surface area (Å²) in [4.78, 5) is 17.9. The lowest BCUT2D eigenvalue weighted by molar-refractivity contribution is -0.133. The highest BCUT2D eigenvalue weighted by molar-refractivity contribution is 9.10. The van der Waals surface area contributed by atoms with Gasteiger partial charge < -0.3 is 14.7 Å². The average molecular weight is 515 g/mol.